The Labute approximate surface area is 105 Å². The first-order valence-corrected chi connectivity index (χ1v) is 6.24. The number of allylic oxidation sites excluding steroid dienone is 1. The molecule has 0 radical (unpaired) electrons. The van der Waals surface area contributed by atoms with Crippen molar-refractivity contribution in [1.29, 1.82) is 0 Å². The van der Waals surface area contributed by atoms with Gasteiger partial charge in [0.05, 0.1) is 0 Å². The van der Waals surface area contributed by atoms with Gasteiger partial charge < -0.3 is 14.8 Å². The predicted molar refractivity (Wildman–Crippen MR) is 64.9 cm³/mol. The SMILES string of the molecule is O=C1N[C@H]2CCC=C[C@@H]2c2cc3c(cc21)OCO3. The fraction of sp³-hybridized carbons (Fsp3) is 0.357. The molecule has 1 N–H and O–H groups in total. The van der Waals surface area contributed by atoms with E-state index in [1.807, 2.05) is 6.07 Å². The Kier molecular flexibility index (Phi) is 1.95. The number of amides is 1. The molecule has 0 saturated carbocycles. The van der Waals surface area contributed by atoms with Crippen molar-refractivity contribution >= 4 is 5.91 Å². The van der Waals surface area contributed by atoms with Crippen LogP contribution in [-0.2, 0) is 0 Å². The van der Waals surface area contributed by atoms with Gasteiger partial charge in [-0.3, -0.25) is 4.79 Å². The molecule has 2 atom stereocenters. The van der Waals surface area contributed by atoms with Gasteiger partial charge in [0.2, 0.25) is 6.79 Å². The van der Waals surface area contributed by atoms with E-state index in [0.717, 1.165) is 24.2 Å². The van der Waals surface area contributed by atoms with Crippen LogP contribution in [0.4, 0.5) is 0 Å². The van der Waals surface area contributed by atoms with Gasteiger partial charge in [-0.1, -0.05) is 12.2 Å². The second-order valence-corrected chi connectivity index (χ2v) is 4.90. The second kappa shape index (κ2) is 3.51. The zero-order valence-electron chi connectivity index (χ0n) is 9.81. The van der Waals surface area contributed by atoms with Crippen molar-refractivity contribution in [2.24, 2.45) is 0 Å². The lowest BCUT2D eigenvalue weighted by molar-refractivity contribution is 0.0916. The number of carbonyl (C=O) groups excluding carboxylic acids is 1. The molecule has 0 aromatic heterocycles. The van der Waals surface area contributed by atoms with Gasteiger partial charge >= 0.3 is 0 Å². The third-order valence-corrected chi connectivity index (χ3v) is 3.89. The van der Waals surface area contributed by atoms with Gasteiger partial charge in [0.15, 0.2) is 11.5 Å². The Morgan fingerprint density at radius 1 is 1.22 bits per heavy atom. The maximum Gasteiger partial charge on any atom is 0.251 e. The molecular formula is C14H13NO3. The first-order valence-electron chi connectivity index (χ1n) is 6.24. The summed E-state index contributed by atoms with van der Waals surface area (Å²) in [5.41, 5.74) is 1.77. The van der Waals surface area contributed by atoms with Crippen LogP contribution in [0.15, 0.2) is 24.3 Å². The minimum absolute atomic E-state index is 0.000139. The summed E-state index contributed by atoms with van der Waals surface area (Å²) >= 11 is 0. The van der Waals surface area contributed by atoms with Gasteiger partial charge in [0.25, 0.3) is 5.91 Å². The van der Waals surface area contributed by atoms with E-state index in [1.165, 1.54) is 0 Å². The Morgan fingerprint density at radius 2 is 2.06 bits per heavy atom. The van der Waals surface area contributed by atoms with Crippen LogP contribution in [0.5, 0.6) is 11.5 Å². The third-order valence-electron chi connectivity index (χ3n) is 3.89. The molecule has 1 aromatic carbocycles. The zero-order valence-corrected chi connectivity index (χ0v) is 9.81. The van der Waals surface area contributed by atoms with E-state index in [-0.39, 0.29) is 24.7 Å². The van der Waals surface area contributed by atoms with Gasteiger partial charge in [-0.15, -0.1) is 0 Å². The topological polar surface area (TPSA) is 47.6 Å². The Hall–Kier alpha value is -1.97. The van der Waals surface area contributed by atoms with Gasteiger partial charge in [0.1, 0.15) is 0 Å². The average Bonchev–Trinajstić information content (AvgIpc) is 2.84. The van der Waals surface area contributed by atoms with Crippen molar-refractivity contribution in [2.75, 3.05) is 6.79 Å². The number of nitrogens with one attached hydrogen (secondary N) is 1. The molecule has 1 aliphatic carbocycles. The number of benzene rings is 1. The second-order valence-electron chi connectivity index (χ2n) is 4.90. The van der Waals surface area contributed by atoms with E-state index in [0.29, 0.717) is 11.3 Å². The highest BCUT2D eigenvalue weighted by molar-refractivity contribution is 5.98. The summed E-state index contributed by atoms with van der Waals surface area (Å²) in [6.45, 7) is 0.240. The summed E-state index contributed by atoms with van der Waals surface area (Å²) in [5, 5.41) is 3.08. The molecule has 2 heterocycles. The van der Waals surface area contributed by atoms with E-state index < -0.39 is 0 Å². The molecule has 18 heavy (non-hydrogen) atoms. The molecule has 4 nitrogen and oxygen atoms in total. The molecule has 1 aromatic rings. The van der Waals surface area contributed by atoms with Crippen molar-refractivity contribution in [3.05, 3.63) is 35.4 Å². The van der Waals surface area contributed by atoms with Crippen LogP contribution in [0.25, 0.3) is 0 Å². The number of hydrogen-bond donors (Lipinski definition) is 1. The summed E-state index contributed by atoms with van der Waals surface area (Å²) in [6.07, 6.45) is 6.41. The quantitative estimate of drug-likeness (QED) is 0.708. The average molecular weight is 243 g/mol. The summed E-state index contributed by atoms with van der Waals surface area (Å²) in [5.74, 6) is 1.68. The summed E-state index contributed by atoms with van der Waals surface area (Å²) in [7, 11) is 0. The fourth-order valence-electron chi connectivity index (χ4n) is 2.99. The van der Waals surface area contributed by atoms with Crippen LogP contribution in [0.3, 0.4) is 0 Å². The van der Waals surface area contributed by atoms with Crippen molar-refractivity contribution in [2.45, 2.75) is 24.8 Å². The minimum Gasteiger partial charge on any atom is -0.454 e. The lowest BCUT2D eigenvalue weighted by Gasteiger charge is -2.34. The molecule has 0 saturated heterocycles. The molecule has 4 rings (SSSR count). The number of hydrogen-bond acceptors (Lipinski definition) is 3. The first kappa shape index (κ1) is 10.00. The number of carbonyl (C=O) groups is 1. The first-order chi connectivity index (χ1) is 8.83. The molecule has 0 unspecified atom stereocenters. The number of fused-ring (bicyclic) bond motifs is 4. The Balaban J connectivity index is 1.90. The van der Waals surface area contributed by atoms with Gasteiger partial charge in [0, 0.05) is 17.5 Å². The number of rotatable bonds is 0. The maximum atomic E-state index is 12.1. The molecule has 0 fully saturated rings. The molecule has 2 aliphatic heterocycles. The third kappa shape index (κ3) is 1.29. The zero-order chi connectivity index (χ0) is 12.1. The largest absolute Gasteiger partial charge is 0.454 e. The van der Waals surface area contributed by atoms with Crippen LogP contribution in [0.2, 0.25) is 0 Å². The normalized spacial score (nSPS) is 27.4. The van der Waals surface area contributed by atoms with Gasteiger partial charge in [-0.05, 0) is 30.5 Å². The lowest BCUT2D eigenvalue weighted by Crippen LogP contribution is -2.44. The monoisotopic (exact) mass is 243 g/mol. The van der Waals surface area contributed by atoms with Crippen LogP contribution in [-0.4, -0.2) is 18.7 Å². The smallest absolute Gasteiger partial charge is 0.251 e. The highest BCUT2D eigenvalue weighted by Crippen LogP contribution is 2.41. The highest BCUT2D eigenvalue weighted by Gasteiger charge is 2.35. The van der Waals surface area contributed by atoms with Crippen LogP contribution >= 0.6 is 0 Å². The van der Waals surface area contributed by atoms with Crippen molar-refractivity contribution in [1.82, 2.24) is 5.32 Å². The Morgan fingerprint density at radius 3 is 2.94 bits per heavy atom. The molecule has 1 amide bonds. The summed E-state index contributed by atoms with van der Waals surface area (Å²) in [6, 6.07) is 3.98. The molecule has 92 valence electrons. The van der Waals surface area contributed by atoms with Crippen LogP contribution < -0.4 is 14.8 Å². The molecular weight excluding hydrogens is 230 g/mol. The van der Waals surface area contributed by atoms with Crippen molar-refractivity contribution in [3.63, 3.8) is 0 Å². The molecule has 0 bridgehead atoms. The number of ether oxygens (including phenoxy) is 2. The van der Waals surface area contributed by atoms with E-state index in [4.69, 9.17) is 9.47 Å². The van der Waals surface area contributed by atoms with E-state index in [2.05, 4.69) is 17.5 Å². The van der Waals surface area contributed by atoms with Gasteiger partial charge in [-0.2, -0.15) is 0 Å². The highest BCUT2D eigenvalue weighted by atomic mass is 16.7. The summed E-state index contributed by atoms with van der Waals surface area (Å²) < 4.78 is 10.7. The molecule has 3 aliphatic rings. The fourth-order valence-corrected chi connectivity index (χ4v) is 2.99. The van der Waals surface area contributed by atoms with Crippen LogP contribution in [0, 0.1) is 0 Å². The molecule has 0 spiro atoms. The predicted octanol–water partition coefficient (Wildman–Crippen LogP) is 1.96. The minimum atomic E-state index is -0.000139. The summed E-state index contributed by atoms with van der Waals surface area (Å²) in [4.78, 5) is 12.1. The van der Waals surface area contributed by atoms with E-state index >= 15 is 0 Å². The van der Waals surface area contributed by atoms with Crippen molar-refractivity contribution < 1.29 is 14.3 Å². The van der Waals surface area contributed by atoms with Crippen LogP contribution in [0.1, 0.15) is 34.7 Å². The molecule has 4 heteroatoms. The lowest BCUT2D eigenvalue weighted by atomic mass is 9.79. The standard InChI is InChI=1S/C14H13NO3/c16-14-10-6-13-12(17-7-18-13)5-9(10)8-3-1-2-4-11(8)15-14/h1,3,5-6,8,11H,2,4,7H2,(H,15,16)/t8-,11+/m1/s1. The van der Waals surface area contributed by atoms with E-state index in [9.17, 15) is 4.79 Å². The maximum absolute atomic E-state index is 12.1. The van der Waals surface area contributed by atoms with Crippen molar-refractivity contribution in [3.8, 4) is 11.5 Å². The Bertz CT molecular complexity index is 564. The van der Waals surface area contributed by atoms with Gasteiger partial charge in [-0.25, -0.2) is 0 Å². The van der Waals surface area contributed by atoms with E-state index in [1.54, 1.807) is 6.07 Å².